The summed E-state index contributed by atoms with van der Waals surface area (Å²) in [7, 11) is -21.4. The Balaban J connectivity index is 5.75. The largest absolute Gasteiger partial charge is 0.756 e. The third-order valence-corrected chi connectivity index (χ3v) is 14.5. The van der Waals surface area contributed by atoms with E-state index >= 15 is 0 Å². The smallest absolute Gasteiger partial charge is 0.268 e. The molecule has 7 N–H and O–H groups in total. The van der Waals surface area contributed by atoms with Crippen LogP contribution in [0.25, 0.3) is 0 Å². The molecule has 2 amide bonds. The fraction of sp³-hybridized carbons (Fsp3) is 0.953. The molecule has 43 heteroatoms. The molecule has 0 saturated carbocycles. The molecule has 38 nitrogen and oxygen atoms in total. The second kappa shape index (κ2) is 56.8. The van der Waals surface area contributed by atoms with Gasteiger partial charge in [0.2, 0.25) is 11.8 Å². The summed E-state index contributed by atoms with van der Waals surface area (Å²) >= 11 is 0. The van der Waals surface area contributed by atoms with E-state index in [1.165, 1.54) is 13.6 Å². The lowest BCUT2D eigenvalue weighted by Gasteiger charge is -2.37. The molecule has 5 unspecified atom stereocenters. The van der Waals surface area contributed by atoms with Gasteiger partial charge in [-0.2, -0.15) is 4.67 Å². The standard InChI is InChI=1S/C43H93N4O34P5/c1-3-71-83(51,52)72-32-28-67-24-25-68-29-33-73-84(53,54)76-38-43(36-46-41(48)4-8-59-12-16-63-20-22-65-18-14-61-10-6-44,37-47-42(49)5-9-60-13-17-64-21-23-66-19-15-62-11-7-45)39-77-85(55,56)74-34-30-69-26-27-70-31-35-75-86(57,58)78-40-82(2)81-80-79-50/h50H,3-40,44-45H2,1-2H3,(H,46,48)(H,47,49)(H,51,52)(H,53,54)(H,55,56)(H,57,58)/p-4. The first-order valence-electron chi connectivity index (χ1n) is 26.9. The molecule has 0 bridgehead atoms. The Morgan fingerprint density at radius 3 is 0.977 bits per heavy atom. The number of hydrogen-bond donors (Lipinski definition) is 5. The van der Waals surface area contributed by atoms with Crippen molar-refractivity contribution in [1.82, 2.24) is 10.6 Å². The molecule has 0 fully saturated rings. The van der Waals surface area contributed by atoms with Crippen molar-refractivity contribution in [3.05, 3.63) is 0 Å². The highest BCUT2D eigenvalue weighted by atomic mass is 31.2. The van der Waals surface area contributed by atoms with E-state index in [2.05, 4.69) is 43.5 Å². The summed E-state index contributed by atoms with van der Waals surface area (Å²) in [6.07, 6.45) is -0.942. The van der Waals surface area contributed by atoms with Gasteiger partial charge in [-0.25, -0.2) is 5.26 Å². The fourth-order valence-corrected chi connectivity index (χ4v) is 9.59. The minimum Gasteiger partial charge on any atom is -0.756 e. The molecule has 86 heavy (non-hydrogen) atoms. The SMILES string of the molecule is CCOP(=O)([O-])OCCOCCOCCOP(=O)([O-])OCC(CNC(=O)CCOCCOCCOCCOCCN)(CNC(=O)CCOCCOCCOCCOCCN)COP(=O)([O-])OCCOCCOCCOP(=O)([O-])OCP(C)OOOO. The number of nitrogens with one attached hydrogen (secondary N) is 2. The second-order valence-corrected chi connectivity index (χ2v) is 24.0. The van der Waals surface area contributed by atoms with E-state index < -0.39 is 109 Å². The first kappa shape index (κ1) is 85.1. The quantitative estimate of drug-likeness (QED) is 0.0181. The number of phosphoric ester groups is 4. The maximum absolute atomic E-state index is 13.2. The molecular formula is C43H89N4O34P5-4. The van der Waals surface area contributed by atoms with Crippen molar-refractivity contribution in [1.29, 1.82) is 0 Å². The van der Waals surface area contributed by atoms with Gasteiger partial charge >= 0.3 is 0 Å². The molecule has 0 radical (unpaired) electrons. The van der Waals surface area contributed by atoms with Crippen molar-refractivity contribution in [3.8, 4) is 0 Å². The van der Waals surface area contributed by atoms with Gasteiger partial charge in [-0.05, 0) is 23.7 Å². The molecule has 0 aliphatic heterocycles. The van der Waals surface area contributed by atoms with E-state index in [1.807, 2.05) is 0 Å². The third-order valence-electron chi connectivity index (χ3n) is 9.61. The average Bonchev–Trinajstić information content (AvgIpc) is 2.44. The van der Waals surface area contributed by atoms with Crippen LogP contribution in [0.5, 0.6) is 0 Å². The zero-order chi connectivity index (χ0) is 63.8. The lowest BCUT2D eigenvalue weighted by atomic mass is 9.89. The maximum atomic E-state index is 13.2. The van der Waals surface area contributed by atoms with Gasteiger partial charge < -0.3 is 135 Å². The highest BCUT2D eigenvalue weighted by Crippen LogP contribution is 2.45. The van der Waals surface area contributed by atoms with Crippen LogP contribution in [0.3, 0.4) is 0 Å². The second-order valence-electron chi connectivity index (χ2n) is 16.7. The van der Waals surface area contributed by atoms with Crippen LogP contribution in [-0.4, -0.2) is 261 Å². The summed E-state index contributed by atoms with van der Waals surface area (Å²) in [6, 6.07) is 0. The number of amides is 2. The summed E-state index contributed by atoms with van der Waals surface area (Å²) in [4.78, 5) is 76.0. The number of hydrogen-bond acceptors (Lipinski definition) is 36. The maximum Gasteiger partial charge on any atom is 0.268 e. The van der Waals surface area contributed by atoms with Crippen LogP contribution >= 0.6 is 39.4 Å². The number of rotatable bonds is 68. The van der Waals surface area contributed by atoms with Crippen LogP contribution in [0, 0.1) is 5.41 Å². The van der Waals surface area contributed by atoms with Crippen molar-refractivity contribution in [3.63, 3.8) is 0 Å². The topological polar surface area (TPSA) is 503 Å². The van der Waals surface area contributed by atoms with Crippen LogP contribution in [0.2, 0.25) is 0 Å². The minimum atomic E-state index is -5.29. The van der Waals surface area contributed by atoms with Gasteiger partial charge in [0.1, 0.15) is 6.35 Å². The van der Waals surface area contributed by atoms with Crippen molar-refractivity contribution in [2.45, 2.75) is 19.8 Å². The van der Waals surface area contributed by atoms with E-state index in [0.717, 1.165) is 0 Å². The van der Waals surface area contributed by atoms with Gasteiger partial charge in [0.05, 0.1) is 218 Å². The fourth-order valence-electron chi connectivity index (χ4n) is 5.53. The van der Waals surface area contributed by atoms with Gasteiger partial charge in [0.15, 0.2) is 0 Å². The zero-order valence-electron chi connectivity index (χ0n) is 48.7. The number of carbonyl (C=O) groups excluding carboxylic acids is 2. The Kier molecular flexibility index (Phi) is 56.2. The molecular weight excluding hydrogens is 1270 g/mol. The normalized spacial score (nSPS) is 15.2. The predicted octanol–water partition coefficient (Wildman–Crippen LogP) is -2.53. The molecule has 514 valence electrons. The van der Waals surface area contributed by atoms with Crippen molar-refractivity contribution in [2.75, 3.05) is 244 Å². The van der Waals surface area contributed by atoms with E-state index in [0.29, 0.717) is 65.9 Å². The third kappa shape index (κ3) is 57.0. The lowest BCUT2D eigenvalue weighted by molar-refractivity contribution is -0.593. The molecule has 0 aromatic heterocycles. The molecule has 0 aromatic carbocycles. The van der Waals surface area contributed by atoms with Gasteiger partial charge in [0.25, 0.3) is 31.3 Å². The highest BCUT2D eigenvalue weighted by Gasteiger charge is 2.36. The zero-order valence-corrected chi connectivity index (χ0v) is 53.2. The van der Waals surface area contributed by atoms with Crippen LogP contribution in [-0.2, 0) is 136 Å². The molecule has 0 aromatic rings. The van der Waals surface area contributed by atoms with Gasteiger partial charge in [-0.3, -0.25) is 27.8 Å². The van der Waals surface area contributed by atoms with Crippen LogP contribution in [0.1, 0.15) is 19.8 Å². The minimum absolute atomic E-state index is 0.0394. The van der Waals surface area contributed by atoms with Crippen LogP contribution in [0.4, 0.5) is 0 Å². The number of phosphoric acid groups is 4. The average molecular weight is 1360 g/mol. The Bertz CT molecular complexity index is 1770. The molecule has 0 rings (SSSR count). The Labute approximate surface area is 501 Å². The molecule has 0 saturated heterocycles. The van der Waals surface area contributed by atoms with E-state index in [-0.39, 0.29) is 132 Å². The molecule has 0 spiro atoms. The Morgan fingerprint density at radius 1 is 0.419 bits per heavy atom. The van der Waals surface area contributed by atoms with Crippen LogP contribution in [0.15, 0.2) is 0 Å². The highest BCUT2D eigenvalue weighted by molar-refractivity contribution is 7.52. The molecule has 0 heterocycles. The number of nitrogens with two attached hydrogens (primary N) is 2. The summed E-state index contributed by atoms with van der Waals surface area (Å²) in [6.45, 7) is 1.10. The molecule has 5 atom stereocenters. The van der Waals surface area contributed by atoms with Crippen molar-refractivity contribution < 1.29 is 160 Å². The van der Waals surface area contributed by atoms with Gasteiger partial charge in [-0.15, -0.1) is 0 Å². The monoisotopic (exact) mass is 1360 g/mol. The molecule has 0 aliphatic carbocycles. The summed E-state index contributed by atoms with van der Waals surface area (Å²) in [5.41, 5.74) is 8.84. The first-order chi connectivity index (χ1) is 41.3. The van der Waals surface area contributed by atoms with Gasteiger partial charge in [-0.1, -0.05) is 0 Å². The van der Waals surface area contributed by atoms with E-state index in [1.54, 1.807) is 0 Å². The predicted molar refractivity (Wildman–Crippen MR) is 288 cm³/mol. The van der Waals surface area contributed by atoms with E-state index in [9.17, 15) is 47.4 Å². The Morgan fingerprint density at radius 2 is 0.686 bits per heavy atom. The van der Waals surface area contributed by atoms with Crippen LogP contribution < -0.4 is 41.7 Å². The van der Waals surface area contributed by atoms with Crippen molar-refractivity contribution >= 4 is 51.3 Å². The Hall–Kier alpha value is -0.910. The number of ether oxygens (including phenoxy) is 12. The summed E-state index contributed by atoms with van der Waals surface area (Å²) in [5, 5.41) is 20.3. The first-order valence-corrected chi connectivity index (χ1v) is 34.6. The summed E-state index contributed by atoms with van der Waals surface area (Å²) in [5.74, 6) is -1.30. The van der Waals surface area contributed by atoms with E-state index in [4.69, 9.17) is 91.7 Å². The van der Waals surface area contributed by atoms with Gasteiger partial charge in [0, 0.05) is 39.0 Å². The number of carbonyl (C=O) groups is 2. The van der Waals surface area contributed by atoms with Crippen molar-refractivity contribution in [2.24, 2.45) is 16.9 Å². The molecule has 0 aliphatic rings. The lowest BCUT2D eigenvalue weighted by Crippen LogP contribution is -2.51. The summed E-state index contributed by atoms with van der Waals surface area (Å²) < 4.78 is 157.